The van der Waals surface area contributed by atoms with E-state index in [2.05, 4.69) is 0 Å². The zero-order chi connectivity index (χ0) is 16.0. The maximum Gasteiger partial charge on any atom is 0.417 e. The Kier molecular flexibility index (Phi) is 3.10. The number of cyclic esters (lactones) is 1. The summed E-state index contributed by atoms with van der Waals surface area (Å²) in [6.45, 7) is 0.729. The van der Waals surface area contributed by atoms with Gasteiger partial charge in [-0.3, -0.25) is 9.59 Å². The van der Waals surface area contributed by atoms with E-state index < -0.39 is 6.09 Å². The zero-order valence-electron chi connectivity index (χ0n) is 12.2. The molecule has 0 spiro atoms. The lowest BCUT2D eigenvalue weighted by molar-refractivity contribution is -0.127. The summed E-state index contributed by atoms with van der Waals surface area (Å²) in [6, 6.07) is 4.70. The number of carbonyl (C=O) groups excluding carboxylic acids is 3. The average Bonchev–Trinajstić information content (AvgIpc) is 3.26. The quantitative estimate of drug-likeness (QED) is 0.794. The third-order valence-electron chi connectivity index (χ3n) is 4.22. The van der Waals surface area contributed by atoms with Gasteiger partial charge in [0.05, 0.1) is 6.04 Å². The van der Waals surface area contributed by atoms with E-state index in [4.69, 9.17) is 14.2 Å². The van der Waals surface area contributed by atoms with Crippen LogP contribution in [0.15, 0.2) is 18.2 Å². The van der Waals surface area contributed by atoms with Gasteiger partial charge in [0.15, 0.2) is 18.1 Å². The Bertz CT molecular complexity index is 687. The van der Waals surface area contributed by atoms with Crippen molar-refractivity contribution in [3.8, 4) is 11.5 Å². The first-order chi connectivity index (χ1) is 11.1. The van der Waals surface area contributed by atoms with Crippen LogP contribution in [0.1, 0.15) is 16.8 Å². The Balaban J connectivity index is 1.48. The van der Waals surface area contributed by atoms with Crippen LogP contribution in [0.3, 0.4) is 0 Å². The molecular weight excluding hydrogens is 304 g/mol. The van der Waals surface area contributed by atoms with E-state index in [-0.39, 0.29) is 31.3 Å². The minimum atomic E-state index is -0.627. The number of carbonyl (C=O) groups is 3. The number of ether oxygens (including phenoxy) is 3. The van der Waals surface area contributed by atoms with Crippen LogP contribution in [0.2, 0.25) is 0 Å². The third kappa shape index (κ3) is 2.26. The van der Waals surface area contributed by atoms with Crippen LogP contribution in [-0.4, -0.2) is 60.2 Å². The van der Waals surface area contributed by atoms with Gasteiger partial charge in [-0.2, -0.15) is 0 Å². The van der Waals surface area contributed by atoms with Crippen LogP contribution in [0.5, 0.6) is 11.5 Å². The number of benzene rings is 1. The zero-order valence-corrected chi connectivity index (χ0v) is 12.2. The third-order valence-corrected chi connectivity index (χ3v) is 4.22. The number of fused-ring (bicyclic) bond motifs is 1. The number of hydrogen-bond donors (Lipinski definition) is 0. The molecule has 1 aromatic carbocycles. The smallest absolute Gasteiger partial charge is 0.417 e. The molecular formula is C15H14N2O6. The van der Waals surface area contributed by atoms with Crippen molar-refractivity contribution in [3.05, 3.63) is 23.8 Å². The predicted octanol–water partition coefficient (Wildman–Crippen LogP) is 0.609. The minimum absolute atomic E-state index is 0.151. The Morgan fingerprint density at radius 2 is 1.96 bits per heavy atom. The second kappa shape index (κ2) is 5.15. The van der Waals surface area contributed by atoms with E-state index in [9.17, 15) is 14.4 Å². The van der Waals surface area contributed by atoms with Crippen LogP contribution in [-0.2, 0) is 9.53 Å². The topological polar surface area (TPSA) is 85.4 Å². The van der Waals surface area contributed by atoms with Gasteiger partial charge < -0.3 is 19.1 Å². The summed E-state index contributed by atoms with van der Waals surface area (Å²) in [5.74, 6) is 0.652. The van der Waals surface area contributed by atoms with Crippen molar-refractivity contribution < 1.29 is 28.6 Å². The van der Waals surface area contributed by atoms with Crippen molar-refractivity contribution in [2.24, 2.45) is 0 Å². The van der Waals surface area contributed by atoms with Gasteiger partial charge >= 0.3 is 6.09 Å². The Morgan fingerprint density at radius 1 is 1.13 bits per heavy atom. The van der Waals surface area contributed by atoms with Gasteiger partial charge in [-0.05, 0) is 24.6 Å². The molecule has 3 heterocycles. The molecule has 0 N–H and O–H groups in total. The van der Waals surface area contributed by atoms with Gasteiger partial charge in [0, 0.05) is 18.7 Å². The van der Waals surface area contributed by atoms with Gasteiger partial charge in [-0.25, -0.2) is 9.69 Å². The highest BCUT2D eigenvalue weighted by molar-refractivity contribution is 5.99. The van der Waals surface area contributed by atoms with Crippen molar-refractivity contribution in [2.75, 3.05) is 26.5 Å². The molecule has 120 valence electrons. The van der Waals surface area contributed by atoms with Gasteiger partial charge in [0.1, 0.15) is 0 Å². The van der Waals surface area contributed by atoms with E-state index in [1.54, 1.807) is 23.1 Å². The molecule has 0 saturated carbocycles. The molecule has 1 aromatic rings. The first kappa shape index (κ1) is 13.9. The maximum atomic E-state index is 12.6. The van der Waals surface area contributed by atoms with Crippen molar-refractivity contribution in [1.29, 1.82) is 0 Å². The second-order valence-corrected chi connectivity index (χ2v) is 5.58. The summed E-state index contributed by atoms with van der Waals surface area (Å²) >= 11 is 0. The monoisotopic (exact) mass is 318 g/mol. The molecule has 23 heavy (non-hydrogen) atoms. The molecule has 0 radical (unpaired) electrons. The number of rotatable bonds is 2. The standard InChI is InChI=1S/C15H14N2O6/c18-13-7-21-15(20)17(13)10-3-4-16(6-10)14(19)9-1-2-11-12(5-9)23-8-22-11/h1-2,5,10H,3-4,6-8H2. The summed E-state index contributed by atoms with van der Waals surface area (Å²) in [4.78, 5) is 38.6. The highest BCUT2D eigenvalue weighted by Crippen LogP contribution is 2.33. The van der Waals surface area contributed by atoms with Crippen molar-refractivity contribution in [1.82, 2.24) is 9.80 Å². The molecule has 0 aliphatic carbocycles. The van der Waals surface area contributed by atoms with Crippen molar-refractivity contribution in [2.45, 2.75) is 12.5 Å². The molecule has 0 aromatic heterocycles. The molecule has 2 saturated heterocycles. The van der Waals surface area contributed by atoms with Crippen LogP contribution < -0.4 is 9.47 Å². The number of amides is 3. The second-order valence-electron chi connectivity index (χ2n) is 5.58. The fourth-order valence-electron chi connectivity index (χ4n) is 3.07. The lowest BCUT2D eigenvalue weighted by Crippen LogP contribution is -2.42. The molecule has 2 fully saturated rings. The van der Waals surface area contributed by atoms with E-state index >= 15 is 0 Å². The van der Waals surface area contributed by atoms with E-state index in [1.165, 1.54) is 0 Å². The Labute approximate surface area is 131 Å². The SMILES string of the molecule is O=C(c1ccc2c(c1)OCO2)N1CCC(N2C(=O)COC2=O)C1. The summed E-state index contributed by atoms with van der Waals surface area (Å²) in [6.07, 6.45) is -0.0747. The van der Waals surface area contributed by atoms with Gasteiger partial charge in [0.2, 0.25) is 6.79 Å². The molecule has 1 atom stereocenters. The maximum absolute atomic E-state index is 12.6. The minimum Gasteiger partial charge on any atom is -0.454 e. The molecule has 4 rings (SSSR count). The van der Waals surface area contributed by atoms with E-state index in [0.717, 1.165) is 4.90 Å². The molecule has 8 nitrogen and oxygen atoms in total. The largest absolute Gasteiger partial charge is 0.454 e. The molecule has 8 heteroatoms. The molecule has 3 aliphatic rings. The van der Waals surface area contributed by atoms with Gasteiger partial charge in [-0.1, -0.05) is 0 Å². The summed E-state index contributed by atoms with van der Waals surface area (Å²) in [5.41, 5.74) is 0.491. The number of imide groups is 1. The first-order valence-corrected chi connectivity index (χ1v) is 7.31. The lowest BCUT2D eigenvalue weighted by Gasteiger charge is -2.20. The fraction of sp³-hybridized carbons (Fsp3) is 0.400. The predicted molar refractivity (Wildman–Crippen MR) is 75.1 cm³/mol. The van der Waals surface area contributed by atoms with Crippen molar-refractivity contribution in [3.63, 3.8) is 0 Å². The fourth-order valence-corrected chi connectivity index (χ4v) is 3.07. The number of hydrogen-bond acceptors (Lipinski definition) is 6. The number of likely N-dealkylation sites (tertiary alicyclic amines) is 1. The normalized spacial score (nSPS) is 22.7. The van der Waals surface area contributed by atoms with E-state index in [1.807, 2.05) is 0 Å². The van der Waals surface area contributed by atoms with Crippen LogP contribution in [0.25, 0.3) is 0 Å². The molecule has 3 aliphatic heterocycles. The highest BCUT2D eigenvalue weighted by Gasteiger charge is 2.41. The summed E-state index contributed by atoms with van der Waals surface area (Å²) in [5, 5.41) is 0. The van der Waals surface area contributed by atoms with Crippen LogP contribution in [0, 0.1) is 0 Å². The first-order valence-electron chi connectivity index (χ1n) is 7.31. The molecule has 3 amide bonds. The number of nitrogens with zero attached hydrogens (tertiary/aromatic N) is 2. The van der Waals surface area contributed by atoms with Crippen molar-refractivity contribution >= 4 is 17.9 Å². The van der Waals surface area contributed by atoms with Crippen LogP contribution >= 0.6 is 0 Å². The average molecular weight is 318 g/mol. The van der Waals surface area contributed by atoms with E-state index in [0.29, 0.717) is 36.6 Å². The lowest BCUT2D eigenvalue weighted by atomic mass is 10.2. The highest BCUT2D eigenvalue weighted by atomic mass is 16.7. The van der Waals surface area contributed by atoms with Crippen LogP contribution in [0.4, 0.5) is 4.79 Å². The summed E-state index contributed by atoms with van der Waals surface area (Å²) in [7, 11) is 0. The molecule has 1 unspecified atom stereocenters. The van der Waals surface area contributed by atoms with Gasteiger partial charge in [-0.15, -0.1) is 0 Å². The Morgan fingerprint density at radius 3 is 2.74 bits per heavy atom. The summed E-state index contributed by atoms with van der Waals surface area (Å²) < 4.78 is 15.2. The van der Waals surface area contributed by atoms with Gasteiger partial charge in [0.25, 0.3) is 11.8 Å². The molecule has 0 bridgehead atoms. The Hall–Kier alpha value is -2.77.